The molecular weight excluding hydrogens is 446 g/mol. The predicted octanol–water partition coefficient (Wildman–Crippen LogP) is 4.45. The highest BCUT2D eigenvalue weighted by Crippen LogP contribution is 2.54. The third-order valence-corrected chi connectivity index (χ3v) is 6.81. The molecule has 5 atom stereocenters. The molecule has 2 aromatic rings. The van der Waals surface area contributed by atoms with Crippen molar-refractivity contribution >= 4 is 21.8 Å². The Balaban J connectivity index is 1.96. The minimum atomic E-state index is -0.922. The number of likely N-dealkylation sites (N-methyl/N-ethyl adjacent to an activating group) is 1. The summed E-state index contributed by atoms with van der Waals surface area (Å²) in [5, 5.41) is 12.5. The van der Waals surface area contributed by atoms with Gasteiger partial charge in [0.05, 0.1) is 12.1 Å². The lowest BCUT2D eigenvalue weighted by atomic mass is 9.84. The van der Waals surface area contributed by atoms with Crippen molar-refractivity contribution in [3.8, 4) is 0 Å². The van der Waals surface area contributed by atoms with Gasteiger partial charge in [0.2, 0.25) is 11.9 Å². The highest BCUT2D eigenvalue weighted by molar-refractivity contribution is 9.10. The molecule has 4 rings (SSSR count). The van der Waals surface area contributed by atoms with E-state index in [4.69, 9.17) is 0 Å². The van der Waals surface area contributed by atoms with Crippen molar-refractivity contribution < 1.29 is 9.72 Å². The zero-order valence-electron chi connectivity index (χ0n) is 17.5. The molecular formula is C23H26BrN3O3. The smallest absolute Gasteiger partial charge is 0.241 e. The molecule has 2 aliphatic heterocycles. The Labute approximate surface area is 185 Å². The third kappa shape index (κ3) is 3.24. The molecule has 2 saturated heterocycles. The van der Waals surface area contributed by atoms with Gasteiger partial charge in [0.25, 0.3) is 0 Å². The summed E-state index contributed by atoms with van der Waals surface area (Å²) in [5.41, 5.74) is 1.42. The van der Waals surface area contributed by atoms with Gasteiger partial charge >= 0.3 is 0 Å². The van der Waals surface area contributed by atoms with Gasteiger partial charge in [0.1, 0.15) is 12.1 Å². The Morgan fingerprint density at radius 1 is 1.00 bits per heavy atom. The Morgan fingerprint density at radius 3 is 2.20 bits per heavy atom. The van der Waals surface area contributed by atoms with Crippen LogP contribution in [-0.2, 0) is 4.79 Å². The van der Waals surface area contributed by atoms with Crippen LogP contribution in [0.2, 0.25) is 0 Å². The summed E-state index contributed by atoms with van der Waals surface area (Å²) in [4.78, 5) is 29.7. The van der Waals surface area contributed by atoms with E-state index in [2.05, 4.69) is 41.6 Å². The number of carbonyl (C=O) groups excluding carboxylic acids is 1. The lowest BCUT2D eigenvalue weighted by molar-refractivity contribution is -0.529. The van der Waals surface area contributed by atoms with Crippen LogP contribution in [0.5, 0.6) is 0 Å². The molecule has 0 spiro atoms. The first-order chi connectivity index (χ1) is 14.1. The fourth-order valence-corrected chi connectivity index (χ4v) is 5.84. The van der Waals surface area contributed by atoms with Crippen LogP contribution in [0, 0.1) is 15.5 Å². The van der Waals surface area contributed by atoms with Gasteiger partial charge in [-0.3, -0.25) is 19.8 Å². The van der Waals surface area contributed by atoms with Gasteiger partial charge in [0.15, 0.2) is 0 Å². The van der Waals surface area contributed by atoms with Gasteiger partial charge in [-0.1, -0.05) is 79.2 Å². The standard InChI is InChI=1S/C23H26BrN3O3/c1-23(2,3)22-25(4)21(28)20-17(14-9-6-5-7-10-14)19(27(29)30)18(26(20)22)15-11-8-12-16(24)13-15/h5-13,17-20,22H,1-4H3/t17-,18+,19-,20?,22?/m0/s1. The molecule has 0 aromatic heterocycles. The summed E-state index contributed by atoms with van der Waals surface area (Å²) in [5.74, 6) is -0.569. The fourth-order valence-electron chi connectivity index (χ4n) is 5.42. The average Bonchev–Trinajstić information content (AvgIpc) is 3.15. The van der Waals surface area contributed by atoms with Gasteiger partial charge in [-0.05, 0) is 28.7 Å². The molecule has 158 valence electrons. The number of fused-ring (bicyclic) bond motifs is 1. The summed E-state index contributed by atoms with van der Waals surface area (Å²) < 4.78 is 0.869. The number of rotatable bonds is 3. The summed E-state index contributed by atoms with van der Waals surface area (Å²) in [6, 6.07) is 15.1. The number of nitro groups is 1. The number of benzene rings is 2. The van der Waals surface area contributed by atoms with Crippen LogP contribution in [0.3, 0.4) is 0 Å². The molecule has 2 fully saturated rings. The lowest BCUT2D eigenvalue weighted by Crippen LogP contribution is -2.49. The molecule has 6 nitrogen and oxygen atoms in total. The molecule has 0 bridgehead atoms. The van der Waals surface area contributed by atoms with Gasteiger partial charge < -0.3 is 4.90 Å². The maximum Gasteiger partial charge on any atom is 0.241 e. The topological polar surface area (TPSA) is 66.7 Å². The SMILES string of the molecule is CN1C(=O)C2[C@@H](c3ccccc3)[C@H]([N+](=O)[O-])[C@@H](c3cccc(Br)c3)N2C1C(C)(C)C. The Kier molecular flexibility index (Phi) is 5.22. The van der Waals surface area contributed by atoms with Crippen molar-refractivity contribution in [2.75, 3.05) is 7.05 Å². The number of nitrogens with zero attached hydrogens (tertiary/aromatic N) is 3. The van der Waals surface area contributed by atoms with Crippen molar-refractivity contribution in [1.29, 1.82) is 0 Å². The molecule has 0 aliphatic carbocycles. The number of hydrogen-bond acceptors (Lipinski definition) is 4. The summed E-state index contributed by atoms with van der Waals surface area (Å²) in [7, 11) is 1.82. The second-order valence-electron chi connectivity index (χ2n) is 9.29. The highest BCUT2D eigenvalue weighted by Gasteiger charge is 2.66. The van der Waals surface area contributed by atoms with E-state index in [0.29, 0.717) is 0 Å². The Morgan fingerprint density at radius 2 is 1.63 bits per heavy atom. The van der Waals surface area contributed by atoms with E-state index < -0.39 is 24.0 Å². The maximum absolute atomic E-state index is 13.5. The molecule has 2 aromatic carbocycles. The fraction of sp³-hybridized carbons (Fsp3) is 0.435. The summed E-state index contributed by atoms with van der Waals surface area (Å²) in [6.07, 6.45) is -0.241. The van der Waals surface area contributed by atoms with Gasteiger partial charge in [-0.15, -0.1) is 0 Å². The van der Waals surface area contributed by atoms with E-state index in [0.717, 1.165) is 15.6 Å². The van der Waals surface area contributed by atoms with E-state index in [-0.39, 0.29) is 22.4 Å². The molecule has 2 unspecified atom stereocenters. The van der Waals surface area contributed by atoms with Crippen LogP contribution in [-0.4, -0.2) is 45.9 Å². The van der Waals surface area contributed by atoms with Crippen molar-refractivity contribution in [3.05, 3.63) is 80.3 Å². The molecule has 1 amide bonds. The zero-order chi connectivity index (χ0) is 21.8. The minimum absolute atomic E-state index is 0.0480. The third-order valence-electron chi connectivity index (χ3n) is 6.32. The molecule has 7 heteroatoms. The van der Waals surface area contributed by atoms with Crippen molar-refractivity contribution in [1.82, 2.24) is 9.80 Å². The van der Waals surface area contributed by atoms with E-state index in [1.54, 1.807) is 4.90 Å². The first-order valence-electron chi connectivity index (χ1n) is 10.1. The minimum Gasteiger partial charge on any atom is -0.328 e. The van der Waals surface area contributed by atoms with E-state index in [1.807, 2.05) is 61.6 Å². The van der Waals surface area contributed by atoms with Gasteiger partial charge in [0, 0.05) is 16.4 Å². The second-order valence-corrected chi connectivity index (χ2v) is 10.2. The number of amides is 1. The Hall–Kier alpha value is -2.25. The van der Waals surface area contributed by atoms with Crippen LogP contribution in [0.15, 0.2) is 59.1 Å². The monoisotopic (exact) mass is 471 g/mol. The molecule has 2 aliphatic rings. The molecule has 0 radical (unpaired) electrons. The predicted molar refractivity (Wildman–Crippen MR) is 118 cm³/mol. The second kappa shape index (κ2) is 7.46. The van der Waals surface area contributed by atoms with Crippen molar-refractivity contribution in [2.24, 2.45) is 5.41 Å². The van der Waals surface area contributed by atoms with Crippen molar-refractivity contribution in [3.63, 3.8) is 0 Å². The lowest BCUT2D eigenvalue weighted by Gasteiger charge is -2.40. The molecule has 30 heavy (non-hydrogen) atoms. The summed E-state index contributed by atoms with van der Waals surface area (Å²) in [6.45, 7) is 6.25. The normalized spacial score (nSPS) is 29.3. The van der Waals surface area contributed by atoms with Crippen LogP contribution < -0.4 is 0 Å². The Bertz CT molecular complexity index is 975. The van der Waals surface area contributed by atoms with Gasteiger partial charge in [-0.2, -0.15) is 0 Å². The zero-order valence-corrected chi connectivity index (χ0v) is 19.1. The van der Waals surface area contributed by atoms with Crippen LogP contribution in [0.25, 0.3) is 0 Å². The largest absolute Gasteiger partial charge is 0.328 e. The van der Waals surface area contributed by atoms with Crippen molar-refractivity contribution in [2.45, 2.75) is 51.0 Å². The average molecular weight is 472 g/mol. The van der Waals surface area contributed by atoms with Crippen LogP contribution in [0.1, 0.15) is 43.9 Å². The quantitative estimate of drug-likeness (QED) is 0.489. The van der Waals surface area contributed by atoms with Crippen LogP contribution in [0.4, 0.5) is 0 Å². The maximum atomic E-state index is 13.5. The van der Waals surface area contributed by atoms with E-state index >= 15 is 0 Å². The summed E-state index contributed by atoms with van der Waals surface area (Å²) >= 11 is 3.51. The number of carbonyl (C=O) groups is 1. The number of halogens is 1. The molecule has 0 saturated carbocycles. The van der Waals surface area contributed by atoms with E-state index in [1.165, 1.54) is 0 Å². The first kappa shape index (κ1) is 21.0. The number of hydrogen-bond donors (Lipinski definition) is 0. The first-order valence-corrected chi connectivity index (χ1v) is 10.9. The molecule has 0 N–H and O–H groups in total. The molecule has 2 heterocycles. The highest BCUT2D eigenvalue weighted by atomic mass is 79.9. The van der Waals surface area contributed by atoms with Gasteiger partial charge in [-0.25, -0.2) is 0 Å². The van der Waals surface area contributed by atoms with E-state index in [9.17, 15) is 14.9 Å². The van der Waals surface area contributed by atoms with Crippen LogP contribution >= 0.6 is 15.9 Å².